The highest BCUT2D eigenvalue weighted by molar-refractivity contribution is 7.07. The van der Waals surface area contributed by atoms with Gasteiger partial charge in [0.15, 0.2) is 18.1 Å². The molecular weight excluding hydrogens is 523 g/mol. The molecule has 0 spiro atoms. The molecule has 9 nitrogen and oxygen atoms in total. The van der Waals surface area contributed by atoms with Crippen molar-refractivity contribution in [1.29, 1.82) is 0 Å². The highest BCUT2D eigenvalue weighted by Gasteiger charge is 2.18. The lowest BCUT2D eigenvalue weighted by Crippen LogP contribution is -2.43. The van der Waals surface area contributed by atoms with E-state index in [9.17, 15) is 9.18 Å². The van der Waals surface area contributed by atoms with Crippen LogP contribution < -0.4 is 14.3 Å². The molecule has 2 fully saturated rings. The van der Waals surface area contributed by atoms with Crippen LogP contribution >= 0.6 is 11.3 Å². The summed E-state index contributed by atoms with van der Waals surface area (Å²) in [6.07, 6.45) is 3.86. The van der Waals surface area contributed by atoms with Gasteiger partial charge in [-0.25, -0.2) is 9.07 Å². The zero-order chi connectivity index (χ0) is 27.0. The van der Waals surface area contributed by atoms with Crippen LogP contribution in [-0.2, 0) is 14.3 Å². The second-order valence-electron chi connectivity index (χ2n) is 9.13. The average Bonchev–Trinajstić information content (AvgIpc) is 3.64. The number of methoxy groups -OCH3 is 1. The van der Waals surface area contributed by atoms with Gasteiger partial charge in [0.2, 0.25) is 4.80 Å². The minimum Gasteiger partial charge on any atom is -0.493 e. The number of carbonyl (C=O) groups excluding carboxylic acids is 1. The molecule has 0 radical (unpaired) electrons. The Kier molecular flexibility index (Phi) is 9.02. The lowest BCUT2D eigenvalue weighted by Gasteiger charge is -2.26. The summed E-state index contributed by atoms with van der Waals surface area (Å²) in [6.45, 7) is 3.46. The molecule has 39 heavy (non-hydrogen) atoms. The van der Waals surface area contributed by atoms with E-state index in [0.29, 0.717) is 44.3 Å². The van der Waals surface area contributed by atoms with Gasteiger partial charge in [-0.2, -0.15) is 5.10 Å². The fraction of sp³-hybridized carbons (Fsp3) is 0.393. The standard InChI is InChI=1S/C28H31FN4O5S/c1-35-26-15-20(4-9-25(26)38-18-27(34)32-10-13-36-14-11-32)16-31-33-24(21-5-7-22(29)8-6-21)19-39-28(33)30-17-23-3-2-12-37-23/h4-9,15-16,19,23H,2-3,10-14,17-18H2,1H3/b30-28?,31-16-/t23-/m0/s1. The summed E-state index contributed by atoms with van der Waals surface area (Å²) in [6, 6.07) is 11.7. The van der Waals surface area contributed by atoms with E-state index in [4.69, 9.17) is 29.0 Å². The Hall–Kier alpha value is -3.54. The van der Waals surface area contributed by atoms with Gasteiger partial charge in [0.1, 0.15) is 5.82 Å². The van der Waals surface area contributed by atoms with E-state index in [1.807, 2.05) is 11.4 Å². The molecule has 0 saturated carbocycles. The Morgan fingerprint density at radius 1 is 1.15 bits per heavy atom. The topological polar surface area (TPSA) is 86.9 Å². The first-order chi connectivity index (χ1) is 19.1. The average molecular weight is 555 g/mol. The summed E-state index contributed by atoms with van der Waals surface area (Å²) in [7, 11) is 1.55. The zero-order valence-electron chi connectivity index (χ0n) is 21.8. The van der Waals surface area contributed by atoms with E-state index >= 15 is 0 Å². The molecule has 1 aromatic heterocycles. The molecule has 5 rings (SSSR count). The van der Waals surface area contributed by atoms with Crippen LogP contribution in [0.25, 0.3) is 11.3 Å². The van der Waals surface area contributed by atoms with Gasteiger partial charge in [0.25, 0.3) is 5.91 Å². The minimum atomic E-state index is -0.298. The highest BCUT2D eigenvalue weighted by atomic mass is 32.1. The fourth-order valence-electron chi connectivity index (χ4n) is 4.36. The molecule has 206 valence electrons. The van der Waals surface area contributed by atoms with E-state index in [1.54, 1.807) is 47.2 Å². The van der Waals surface area contributed by atoms with Gasteiger partial charge >= 0.3 is 0 Å². The van der Waals surface area contributed by atoms with Gasteiger partial charge in [0.05, 0.1) is 44.9 Å². The first kappa shape index (κ1) is 27.0. The van der Waals surface area contributed by atoms with Gasteiger partial charge in [-0.3, -0.25) is 9.79 Å². The molecule has 11 heteroatoms. The molecule has 0 bridgehead atoms. The molecule has 3 heterocycles. The van der Waals surface area contributed by atoms with Crippen LogP contribution in [0.4, 0.5) is 4.39 Å². The summed E-state index contributed by atoms with van der Waals surface area (Å²) in [5.41, 5.74) is 2.40. The second-order valence-corrected chi connectivity index (χ2v) is 9.97. The number of hydrogen-bond donors (Lipinski definition) is 0. The molecular formula is C28H31FN4O5S. The van der Waals surface area contributed by atoms with Crippen LogP contribution in [0.3, 0.4) is 0 Å². The van der Waals surface area contributed by atoms with Crippen LogP contribution in [0.2, 0.25) is 0 Å². The SMILES string of the molecule is COc1cc(/C=N\n2c(-c3ccc(F)cc3)csc2=NC[C@@H]2CCCO2)ccc1OCC(=O)N1CCOCC1. The third-order valence-electron chi connectivity index (χ3n) is 6.50. The van der Waals surface area contributed by atoms with Crippen molar-refractivity contribution in [1.82, 2.24) is 9.58 Å². The van der Waals surface area contributed by atoms with E-state index < -0.39 is 0 Å². The normalized spacial score (nSPS) is 18.2. The summed E-state index contributed by atoms with van der Waals surface area (Å²) in [5, 5.41) is 6.69. The van der Waals surface area contributed by atoms with Crippen LogP contribution in [-0.4, -0.2) is 81.0 Å². The van der Waals surface area contributed by atoms with Crippen molar-refractivity contribution in [2.75, 3.05) is 53.2 Å². The molecule has 0 unspecified atom stereocenters. The second kappa shape index (κ2) is 13.0. The van der Waals surface area contributed by atoms with Crippen molar-refractivity contribution in [3.63, 3.8) is 0 Å². The van der Waals surface area contributed by atoms with E-state index in [2.05, 4.69) is 0 Å². The van der Waals surface area contributed by atoms with Crippen molar-refractivity contribution >= 4 is 23.5 Å². The van der Waals surface area contributed by atoms with Crippen LogP contribution in [0.5, 0.6) is 11.5 Å². The third kappa shape index (κ3) is 6.92. The number of nitrogens with zero attached hydrogens (tertiary/aromatic N) is 4. The van der Waals surface area contributed by atoms with E-state index in [0.717, 1.165) is 41.1 Å². The van der Waals surface area contributed by atoms with E-state index in [-0.39, 0.29) is 24.4 Å². The Bertz CT molecular complexity index is 1360. The predicted octanol–water partition coefficient (Wildman–Crippen LogP) is 3.56. The summed E-state index contributed by atoms with van der Waals surface area (Å²) < 4.78 is 37.6. The highest BCUT2D eigenvalue weighted by Crippen LogP contribution is 2.28. The first-order valence-electron chi connectivity index (χ1n) is 12.9. The summed E-state index contributed by atoms with van der Waals surface area (Å²) >= 11 is 1.47. The number of halogens is 1. The molecule has 2 aliphatic rings. The van der Waals surface area contributed by atoms with Crippen molar-refractivity contribution in [3.8, 4) is 22.8 Å². The van der Waals surface area contributed by atoms with Crippen molar-refractivity contribution in [2.24, 2.45) is 10.1 Å². The molecule has 2 aliphatic heterocycles. The number of benzene rings is 2. The number of morpholine rings is 1. The lowest BCUT2D eigenvalue weighted by atomic mass is 10.2. The number of ether oxygens (including phenoxy) is 4. The minimum absolute atomic E-state index is 0.0782. The number of thiazole rings is 1. The Morgan fingerprint density at radius 3 is 2.72 bits per heavy atom. The first-order valence-corrected chi connectivity index (χ1v) is 13.8. The van der Waals surface area contributed by atoms with Crippen molar-refractivity contribution in [2.45, 2.75) is 18.9 Å². The number of hydrogen-bond acceptors (Lipinski definition) is 8. The Morgan fingerprint density at radius 2 is 1.97 bits per heavy atom. The molecule has 2 saturated heterocycles. The molecule has 3 aromatic rings. The van der Waals surface area contributed by atoms with Gasteiger partial charge in [-0.15, -0.1) is 11.3 Å². The van der Waals surface area contributed by atoms with E-state index in [1.165, 1.54) is 23.5 Å². The Labute approximate surface area is 230 Å². The van der Waals surface area contributed by atoms with Crippen LogP contribution in [0, 0.1) is 5.82 Å². The molecule has 1 amide bonds. The zero-order valence-corrected chi connectivity index (χ0v) is 22.6. The molecule has 1 atom stereocenters. The van der Waals surface area contributed by atoms with Crippen molar-refractivity contribution in [3.05, 3.63) is 64.0 Å². The van der Waals surface area contributed by atoms with Crippen LogP contribution in [0.15, 0.2) is 57.9 Å². The maximum Gasteiger partial charge on any atom is 0.260 e. The summed E-state index contributed by atoms with van der Waals surface area (Å²) in [4.78, 5) is 19.7. The smallest absolute Gasteiger partial charge is 0.260 e. The molecule has 2 aromatic carbocycles. The molecule has 0 aliphatic carbocycles. The van der Waals surface area contributed by atoms with Gasteiger partial charge in [0, 0.05) is 30.6 Å². The third-order valence-corrected chi connectivity index (χ3v) is 7.36. The maximum atomic E-state index is 13.6. The lowest BCUT2D eigenvalue weighted by molar-refractivity contribution is -0.137. The molecule has 0 N–H and O–H groups in total. The quantitative estimate of drug-likeness (QED) is 0.378. The number of rotatable bonds is 9. The predicted molar refractivity (Wildman–Crippen MR) is 146 cm³/mol. The maximum absolute atomic E-state index is 13.6. The van der Waals surface area contributed by atoms with Gasteiger partial charge in [-0.1, -0.05) is 0 Å². The monoisotopic (exact) mass is 554 g/mol. The van der Waals surface area contributed by atoms with Gasteiger partial charge < -0.3 is 23.8 Å². The summed E-state index contributed by atoms with van der Waals surface area (Å²) in [5.74, 6) is 0.575. The fourth-order valence-corrected chi connectivity index (χ4v) is 5.21. The number of aromatic nitrogens is 1. The Balaban J connectivity index is 1.36. The van der Waals surface area contributed by atoms with Crippen molar-refractivity contribution < 1.29 is 28.1 Å². The number of amides is 1. The largest absolute Gasteiger partial charge is 0.493 e. The number of carbonyl (C=O) groups is 1. The van der Waals surface area contributed by atoms with Gasteiger partial charge in [-0.05, 0) is 60.9 Å². The van der Waals surface area contributed by atoms with Crippen LogP contribution in [0.1, 0.15) is 18.4 Å².